The highest BCUT2D eigenvalue weighted by Crippen LogP contribution is 2.34. The summed E-state index contributed by atoms with van der Waals surface area (Å²) in [4.78, 5) is 32.7. The van der Waals surface area contributed by atoms with Crippen molar-refractivity contribution in [3.05, 3.63) is 65.4 Å². The van der Waals surface area contributed by atoms with E-state index < -0.39 is 0 Å². The van der Waals surface area contributed by atoms with E-state index in [2.05, 4.69) is 22.8 Å². The third-order valence-electron chi connectivity index (χ3n) is 6.49. The van der Waals surface area contributed by atoms with Gasteiger partial charge >= 0.3 is 0 Å². The molecule has 33 heavy (non-hydrogen) atoms. The van der Waals surface area contributed by atoms with Crippen molar-refractivity contribution >= 4 is 23.1 Å². The van der Waals surface area contributed by atoms with Crippen molar-refractivity contribution in [2.45, 2.75) is 33.1 Å². The number of hydrogen-bond donors (Lipinski definition) is 0. The smallest absolute Gasteiger partial charge is 0.277 e. The molecular formula is C27H33N3O3. The molecule has 2 heterocycles. The van der Waals surface area contributed by atoms with Gasteiger partial charge in [-0.1, -0.05) is 61.7 Å². The summed E-state index contributed by atoms with van der Waals surface area (Å²) in [6.07, 6.45) is 2.89. The van der Waals surface area contributed by atoms with Gasteiger partial charge in [0.15, 0.2) is 0 Å². The van der Waals surface area contributed by atoms with Crippen LogP contribution in [-0.2, 0) is 9.59 Å². The number of carbonyl (C=O) groups excluding carboxylic acids is 2. The molecule has 2 aromatic rings. The molecule has 0 atom stereocenters. The van der Waals surface area contributed by atoms with Crippen molar-refractivity contribution in [1.29, 1.82) is 0 Å². The van der Waals surface area contributed by atoms with Crippen LogP contribution in [0.2, 0.25) is 0 Å². The second-order valence-corrected chi connectivity index (χ2v) is 8.70. The fraction of sp³-hybridized carbons (Fsp3) is 0.407. The Bertz CT molecular complexity index is 1040. The number of methoxy groups -OCH3 is 1. The number of piperazine rings is 1. The highest BCUT2D eigenvalue weighted by atomic mass is 16.5. The molecule has 0 saturated carbocycles. The van der Waals surface area contributed by atoms with E-state index in [1.807, 2.05) is 49.4 Å². The van der Waals surface area contributed by atoms with Crippen LogP contribution < -0.4 is 9.64 Å². The number of benzene rings is 2. The van der Waals surface area contributed by atoms with Crippen molar-refractivity contribution in [2.24, 2.45) is 0 Å². The lowest BCUT2D eigenvalue weighted by Gasteiger charge is -2.38. The lowest BCUT2D eigenvalue weighted by atomic mass is 10.0. The van der Waals surface area contributed by atoms with E-state index in [4.69, 9.17) is 4.74 Å². The Balaban J connectivity index is 1.60. The molecule has 6 nitrogen and oxygen atoms in total. The SMILES string of the molecule is CCCCCN1C(=O)C(c2ccc(C)cc2)=C(N2CCN(c3ccccc3OC)CC2)C1=O. The number of hydrogen-bond acceptors (Lipinski definition) is 5. The van der Waals surface area contributed by atoms with Crippen molar-refractivity contribution in [2.75, 3.05) is 44.7 Å². The number of nitrogens with zero attached hydrogens (tertiary/aromatic N) is 3. The normalized spacial score (nSPS) is 16.8. The standard InChI is InChI=1S/C27H33N3O3/c1-4-5-8-15-30-26(31)24(21-13-11-20(2)12-14-21)25(27(30)32)29-18-16-28(17-19-29)22-9-6-7-10-23(22)33-3/h6-7,9-14H,4-5,8,15-19H2,1-3H3. The van der Waals surface area contributed by atoms with Crippen LogP contribution in [0.4, 0.5) is 5.69 Å². The molecule has 4 rings (SSSR count). The van der Waals surface area contributed by atoms with Gasteiger partial charge in [-0.3, -0.25) is 14.5 Å². The highest BCUT2D eigenvalue weighted by Gasteiger charge is 2.41. The third-order valence-corrected chi connectivity index (χ3v) is 6.49. The van der Waals surface area contributed by atoms with Crippen LogP contribution in [0, 0.1) is 6.92 Å². The van der Waals surface area contributed by atoms with Crippen LogP contribution in [0.5, 0.6) is 5.75 Å². The highest BCUT2D eigenvalue weighted by molar-refractivity contribution is 6.35. The molecule has 2 aliphatic rings. The zero-order valence-electron chi connectivity index (χ0n) is 19.8. The first-order chi connectivity index (χ1) is 16.0. The zero-order valence-corrected chi connectivity index (χ0v) is 19.8. The summed E-state index contributed by atoms with van der Waals surface area (Å²) < 4.78 is 5.53. The zero-order chi connectivity index (χ0) is 23.4. The van der Waals surface area contributed by atoms with E-state index in [9.17, 15) is 9.59 Å². The van der Waals surface area contributed by atoms with Crippen molar-refractivity contribution in [3.63, 3.8) is 0 Å². The number of unbranched alkanes of at least 4 members (excludes halogenated alkanes) is 2. The molecule has 0 radical (unpaired) electrons. The van der Waals surface area contributed by atoms with E-state index in [0.717, 1.165) is 54.9 Å². The van der Waals surface area contributed by atoms with Crippen LogP contribution in [0.25, 0.3) is 5.57 Å². The number of ether oxygens (including phenoxy) is 1. The van der Waals surface area contributed by atoms with Crippen LogP contribution in [0.1, 0.15) is 37.3 Å². The first-order valence-corrected chi connectivity index (χ1v) is 11.9. The molecule has 174 valence electrons. The second kappa shape index (κ2) is 10.1. The maximum atomic E-state index is 13.5. The average molecular weight is 448 g/mol. The third kappa shape index (κ3) is 4.61. The minimum absolute atomic E-state index is 0.155. The van der Waals surface area contributed by atoms with Crippen molar-refractivity contribution < 1.29 is 14.3 Å². The lowest BCUT2D eigenvalue weighted by molar-refractivity contribution is -0.137. The first kappa shape index (κ1) is 22.9. The van der Waals surface area contributed by atoms with E-state index in [-0.39, 0.29) is 11.8 Å². The summed E-state index contributed by atoms with van der Waals surface area (Å²) in [5, 5.41) is 0. The van der Waals surface area contributed by atoms with Gasteiger partial charge in [-0.15, -0.1) is 0 Å². The summed E-state index contributed by atoms with van der Waals surface area (Å²) in [7, 11) is 1.68. The molecule has 2 aliphatic heterocycles. The topological polar surface area (TPSA) is 53.1 Å². The molecule has 0 bridgehead atoms. The number of anilines is 1. The second-order valence-electron chi connectivity index (χ2n) is 8.70. The van der Waals surface area contributed by atoms with Crippen molar-refractivity contribution in [3.8, 4) is 5.75 Å². The van der Waals surface area contributed by atoms with Gasteiger partial charge < -0.3 is 14.5 Å². The van der Waals surface area contributed by atoms with E-state index in [0.29, 0.717) is 30.9 Å². The maximum Gasteiger partial charge on any atom is 0.277 e. The Morgan fingerprint density at radius 1 is 0.848 bits per heavy atom. The Kier molecular flexibility index (Phi) is 7.02. The van der Waals surface area contributed by atoms with E-state index >= 15 is 0 Å². The summed E-state index contributed by atoms with van der Waals surface area (Å²) in [5.74, 6) is 0.527. The largest absolute Gasteiger partial charge is 0.495 e. The summed E-state index contributed by atoms with van der Waals surface area (Å²) in [6, 6.07) is 15.9. The minimum atomic E-state index is -0.165. The molecule has 1 fully saturated rings. The number of amides is 2. The molecule has 1 saturated heterocycles. The lowest BCUT2D eigenvalue weighted by Crippen LogP contribution is -2.47. The van der Waals surface area contributed by atoms with Gasteiger partial charge in [-0.2, -0.15) is 0 Å². The molecule has 2 amide bonds. The number of rotatable bonds is 8. The average Bonchev–Trinajstić information content (AvgIpc) is 3.09. The van der Waals surface area contributed by atoms with E-state index in [1.165, 1.54) is 4.90 Å². The summed E-state index contributed by atoms with van der Waals surface area (Å²) in [6.45, 7) is 7.47. The molecule has 0 aromatic heterocycles. The van der Waals surface area contributed by atoms with Gasteiger partial charge in [-0.25, -0.2) is 0 Å². The Morgan fingerprint density at radius 2 is 1.52 bits per heavy atom. The van der Waals surface area contributed by atoms with Gasteiger partial charge in [0.25, 0.3) is 11.8 Å². The predicted octanol–water partition coefficient (Wildman–Crippen LogP) is 4.10. The molecule has 2 aromatic carbocycles. The van der Waals surface area contributed by atoms with Gasteiger partial charge in [0.05, 0.1) is 18.4 Å². The van der Waals surface area contributed by atoms with Crippen LogP contribution in [-0.4, -0.2) is 61.4 Å². The monoisotopic (exact) mass is 447 g/mol. The van der Waals surface area contributed by atoms with Crippen molar-refractivity contribution in [1.82, 2.24) is 9.80 Å². The van der Waals surface area contributed by atoms with Gasteiger partial charge in [0.1, 0.15) is 11.4 Å². The molecule has 0 unspecified atom stereocenters. The molecule has 0 spiro atoms. The molecule has 0 N–H and O–H groups in total. The fourth-order valence-corrected chi connectivity index (χ4v) is 4.62. The number of aryl methyl sites for hydroxylation is 1. The summed E-state index contributed by atoms with van der Waals surface area (Å²) >= 11 is 0. The minimum Gasteiger partial charge on any atom is -0.495 e. The molecule has 6 heteroatoms. The predicted molar refractivity (Wildman–Crippen MR) is 131 cm³/mol. The summed E-state index contributed by atoms with van der Waals surface area (Å²) in [5.41, 5.74) is 4.10. The van der Waals surface area contributed by atoms with Crippen LogP contribution >= 0.6 is 0 Å². The first-order valence-electron chi connectivity index (χ1n) is 11.9. The van der Waals surface area contributed by atoms with Gasteiger partial charge in [0.2, 0.25) is 0 Å². The van der Waals surface area contributed by atoms with Gasteiger partial charge in [0, 0.05) is 32.7 Å². The number of imide groups is 1. The fourth-order valence-electron chi connectivity index (χ4n) is 4.62. The maximum absolute atomic E-state index is 13.5. The molecule has 0 aliphatic carbocycles. The van der Waals surface area contributed by atoms with Crippen LogP contribution in [0.15, 0.2) is 54.2 Å². The number of carbonyl (C=O) groups is 2. The van der Waals surface area contributed by atoms with E-state index in [1.54, 1.807) is 7.11 Å². The Hall–Kier alpha value is -3.28. The Morgan fingerprint density at radius 3 is 2.18 bits per heavy atom. The Labute approximate surface area is 196 Å². The molecular weight excluding hydrogens is 414 g/mol. The van der Waals surface area contributed by atoms with Gasteiger partial charge in [-0.05, 0) is 31.0 Å². The van der Waals surface area contributed by atoms with Crippen LogP contribution in [0.3, 0.4) is 0 Å². The number of para-hydroxylation sites is 2. The quantitative estimate of drug-likeness (QED) is 0.451.